The molecule has 0 unspecified atom stereocenters. The highest BCUT2D eigenvalue weighted by molar-refractivity contribution is 9.10. The van der Waals surface area contributed by atoms with Crippen LogP contribution in [0.4, 0.5) is 13.2 Å². The maximum Gasteiger partial charge on any atom is 0.573 e. The number of nitrogens with one attached hydrogen (secondary N) is 1. The van der Waals surface area contributed by atoms with E-state index in [9.17, 15) is 27.9 Å². The molecule has 0 aliphatic heterocycles. The molecule has 0 radical (unpaired) electrons. The molecule has 6 nitrogen and oxygen atoms in total. The summed E-state index contributed by atoms with van der Waals surface area (Å²) in [6.07, 6.45) is -3.58. The van der Waals surface area contributed by atoms with E-state index in [0.717, 1.165) is 10.5 Å². The maximum atomic E-state index is 12.4. The van der Waals surface area contributed by atoms with Crippen molar-refractivity contribution in [3.63, 3.8) is 0 Å². The van der Waals surface area contributed by atoms with Crippen molar-refractivity contribution in [1.29, 1.82) is 0 Å². The average molecular weight is 550 g/mol. The Morgan fingerprint density at radius 1 is 0.971 bits per heavy atom. The van der Waals surface area contributed by atoms with Gasteiger partial charge in [-0.2, -0.15) is 0 Å². The van der Waals surface area contributed by atoms with Gasteiger partial charge in [0.2, 0.25) is 5.91 Å². The van der Waals surface area contributed by atoms with E-state index in [4.69, 9.17) is 4.74 Å². The lowest BCUT2D eigenvalue weighted by Crippen LogP contribution is -2.27. The molecule has 0 bridgehead atoms. The summed E-state index contributed by atoms with van der Waals surface area (Å²) in [7, 11) is 0. The zero-order valence-corrected chi connectivity index (χ0v) is 19.6. The van der Waals surface area contributed by atoms with E-state index in [2.05, 4.69) is 26.0 Å². The number of hydrogen-bond acceptors (Lipinski definition) is 4. The van der Waals surface area contributed by atoms with E-state index in [1.165, 1.54) is 18.2 Å². The summed E-state index contributed by atoms with van der Waals surface area (Å²) in [5.74, 6) is -1.19. The van der Waals surface area contributed by atoms with Gasteiger partial charge >= 0.3 is 12.3 Å². The maximum absolute atomic E-state index is 12.4. The second-order valence-corrected chi connectivity index (χ2v) is 8.06. The smallest absolute Gasteiger partial charge is 0.477 e. The van der Waals surface area contributed by atoms with Crippen LogP contribution >= 0.6 is 15.9 Å². The Bertz CT molecular complexity index is 1230. The van der Waals surface area contributed by atoms with Crippen LogP contribution < -0.4 is 14.8 Å². The number of aliphatic carboxylic acids is 1. The molecule has 10 heteroatoms. The molecular formula is C25H19BrF3NO5. The van der Waals surface area contributed by atoms with E-state index >= 15 is 0 Å². The fourth-order valence-corrected chi connectivity index (χ4v) is 3.34. The number of carboxylic acids is 1. The molecule has 35 heavy (non-hydrogen) atoms. The summed E-state index contributed by atoms with van der Waals surface area (Å²) in [6, 6.07) is 19.1. The minimum absolute atomic E-state index is 0.0921. The third-order valence-electron chi connectivity index (χ3n) is 4.53. The number of carbonyl (C=O) groups is 2. The number of benzene rings is 3. The van der Waals surface area contributed by atoms with Crippen molar-refractivity contribution in [1.82, 2.24) is 5.32 Å². The van der Waals surface area contributed by atoms with Gasteiger partial charge in [0.05, 0.1) is 4.47 Å². The average Bonchev–Trinajstić information content (AvgIpc) is 2.79. The van der Waals surface area contributed by atoms with Crippen molar-refractivity contribution in [3.05, 3.63) is 94.1 Å². The number of ether oxygens (including phenoxy) is 2. The number of rotatable bonds is 9. The Hall–Kier alpha value is -3.79. The molecule has 2 N–H and O–H groups in total. The lowest BCUT2D eigenvalue weighted by Gasteiger charge is -2.10. The molecule has 0 saturated heterocycles. The van der Waals surface area contributed by atoms with Gasteiger partial charge in [0.1, 0.15) is 22.9 Å². The lowest BCUT2D eigenvalue weighted by molar-refractivity contribution is -0.274. The Balaban J connectivity index is 1.61. The normalized spacial score (nSPS) is 11.6. The van der Waals surface area contributed by atoms with Crippen molar-refractivity contribution in [2.75, 3.05) is 0 Å². The first-order valence-corrected chi connectivity index (χ1v) is 11.0. The van der Waals surface area contributed by atoms with Crippen LogP contribution in [0.1, 0.15) is 17.5 Å². The topological polar surface area (TPSA) is 84.9 Å². The molecule has 0 fully saturated rings. The van der Waals surface area contributed by atoms with Gasteiger partial charge in [0, 0.05) is 6.42 Å². The zero-order valence-electron chi connectivity index (χ0n) is 18.0. The molecule has 3 rings (SSSR count). The predicted molar refractivity (Wildman–Crippen MR) is 126 cm³/mol. The van der Waals surface area contributed by atoms with Gasteiger partial charge in [0.25, 0.3) is 0 Å². The van der Waals surface area contributed by atoms with Crippen molar-refractivity contribution >= 4 is 33.9 Å². The van der Waals surface area contributed by atoms with Crippen LogP contribution in [-0.4, -0.2) is 23.3 Å². The summed E-state index contributed by atoms with van der Waals surface area (Å²) >= 11 is 3.39. The number of carbonyl (C=O) groups excluding carboxylic acids is 1. The van der Waals surface area contributed by atoms with Gasteiger partial charge in [-0.25, -0.2) is 4.79 Å². The van der Waals surface area contributed by atoms with E-state index in [1.807, 2.05) is 18.2 Å². The highest BCUT2D eigenvalue weighted by Crippen LogP contribution is 2.29. The molecule has 0 atom stereocenters. The molecule has 0 spiro atoms. The van der Waals surface area contributed by atoms with Crippen LogP contribution in [0.5, 0.6) is 17.2 Å². The van der Waals surface area contributed by atoms with E-state index in [-0.39, 0.29) is 18.5 Å². The number of halogens is 4. The first-order chi connectivity index (χ1) is 16.6. The molecular weight excluding hydrogens is 531 g/mol. The molecule has 0 aliphatic rings. The summed E-state index contributed by atoms with van der Waals surface area (Å²) in [5, 5.41) is 11.8. The molecule has 1 amide bonds. The zero-order chi connectivity index (χ0) is 25.4. The molecule has 3 aromatic rings. The van der Waals surface area contributed by atoms with Crippen LogP contribution in [-0.2, 0) is 16.0 Å². The third-order valence-corrected chi connectivity index (χ3v) is 5.19. The molecule has 0 aromatic heterocycles. The summed E-state index contributed by atoms with van der Waals surface area (Å²) in [6.45, 7) is 0. The SMILES string of the molecule is O=C(CCc1cccc(OC(F)(F)F)c1)N/C(=C\c1ccc(Oc2ccccc2Br)cc1)C(=O)O. The number of alkyl halides is 3. The number of aryl methyl sites for hydroxylation is 1. The lowest BCUT2D eigenvalue weighted by atomic mass is 10.1. The van der Waals surface area contributed by atoms with Crippen LogP contribution in [0, 0.1) is 0 Å². The molecule has 182 valence electrons. The third kappa shape index (κ3) is 8.49. The minimum Gasteiger partial charge on any atom is -0.477 e. The summed E-state index contributed by atoms with van der Waals surface area (Å²) < 4.78 is 47.5. The van der Waals surface area contributed by atoms with E-state index in [1.54, 1.807) is 36.4 Å². The number of amides is 1. The molecule has 0 aliphatic carbocycles. The fraction of sp³-hybridized carbons (Fsp3) is 0.120. The number of carboxylic acid groups (broad SMARTS) is 1. The Morgan fingerprint density at radius 3 is 2.34 bits per heavy atom. The molecule has 0 heterocycles. The Kier molecular flexibility index (Phi) is 8.53. The van der Waals surface area contributed by atoms with E-state index in [0.29, 0.717) is 22.6 Å². The number of para-hydroxylation sites is 1. The standard InChI is InChI=1S/C25H19BrF3NO5/c26-20-6-1-2-7-22(20)34-18-11-8-17(9-12-18)15-21(24(32)33)30-23(31)13-10-16-4-3-5-19(14-16)35-25(27,28)29/h1-9,11-12,14-15H,10,13H2,(H,30,31)(H,32,33)/b21-15-. The van der Waals surface area contributed by atoms with Crippen molar-refractivity contribution < 1.29 is 37.3 Å². The highest BCUT2D eigenvalue weighted by atomic mass is 79.9. The van der Waals surface area contributed by atoms with Gasteiger partial charge in [-0.3, -0.25) is 4.79 Å². The Labute approximate surface area is 207 Å². The van der Waals surface area contributed by atoms with Crippen molar-refractivity contribution in [2.24, 2.45) is 0 Å². The summed E-state index contributed by atoms with van der Waals surface area (Å²) in [5.41, 5.74) is 0.603. The second-order valence-electron chi connectivity index (χ2n) is 7.21. The molecule has 0 saturated carbocycles. The largest absolute Gasteiger partial charge is 0.573 e. The quantitative estimate of drug-likeness (QED) is 0.305. The highest BCUT2D eigenvalue weighted by Gasteiger charge is 2.31. The van der Waals surface area contributed by atoms with Crippen LogP contribution in [0.15, 0.2) is 83.0 Å². The monoisotopic (exact) mass is 549 g/mol. The van der Waals surface area contributed by atoms with Crippen LogP contribution in [0.25, 0.3) is 6.08 Å². The minimum atomic E-state index is -4.82. The van der Waals surface area contributed by atoms with Crippen molar-refractivity contribution in [3.8, 4) is 17.2 Å². The van der Waals surface area contributed by atoms with Gasteiger partial charge in [-0.15, -0.1) is 13.2 Å². The Morgan fingerprint density at radius 2 is 1.69 bits per heavy atom. The van der Waals surface area contributed by atoms with Crippen molar-refractivity contribution in [2.45, 2.75) is 19.2 Å². The van der Waals surface area contributed by atoms with Gasteiger partial charge < -0.3 is 19.9 Å². The predicted octanol–water partition coefficient (Wildman–Crippen LogP) is 6.31. The van der Waals surface area contributed by atoms with Crippen LogP contribution in [0.3, 0.4) is 0 Å². The first kappa shape index (κ1) is 25.8. The second kappa shape index (κ2) is 11.6. The molecule has 3 aromatic carbocycles. The van der Waals surface area contributed by atoms with E-state index < -0.39 is 24.0 Å². The van der Waals surface area contributed by atoms with Gasteiger partial charge in [-0.1, -0.05) is 36.4 Å². The van der Waals surface area contributed by atoms with Crippen LogP contribution in [0.2, 0.25) is 0 Å². The van der Waals surface area contributed by atoms with Gasteiger partial charge in [-0.05, 0) is 76.0 Å². The fourth-order valence-electron chi connectivity index (χ4n) is 2.97. The summed E-state index contributed by atoms with van der Waals surface area (Å²) in [4.78, 5) is 23.9. The van der Waals surface area contributed by atoms with Gasteiger partial charge in [0.15, 0.2) is 0 Å². The first-order valence-electron chi connectivity index (χ1n) is 10.2. The number of hydrogen-bond donors (Lipinski definition) is 2.